The molecule has 31 heavy (non-hydrogen) atoms. The monoisotopic (exact) mass is 540 g/mol. The Morgan fingerprint density at radius 2 is 1.94 bits per heavy atom. The molecule has 1 aliphatic carbocycles. The van der Waals surface area contributed by atoms with Gasteiger partial charge in [-0.15, -0.1) is 24.0 Å². The molecule has 1 heterocycles. The highest BCUT2D eigenvalue weighted by Crippen LogP contribution is 2.39. The molecule has 7 nitrogen and oxygen atoms in total. The van der Waals surface area contributed by atoms with Gasteiger partial charge in [-0.1, -0.05) is 25.0 Å². The quantitative estimate of drug-likeness (QED) is 0.233. The number of hydrogen-bond acceptors (Lipinski definition) is 3. The third kappa shape index (κ3) is 6.11. The first-order valence-electron chi connectivity index (χ1n) is 11.1. The summed E-state index contributed by atoms with van der Waals surface area (Å²) in [7, 11) is 3.69. The first kappa shape index (κ1) is 25.4. The van der Waals surface area contributed by atoms with Gasteiger partial charge < -0.3 is 20.1 Å². The number of carbonyl (C=O) groups excluding carboxylic acids is 1. The van der Waals surface area contributed by atoms with Crippen LogP contribution in [0.25, 0.3) is 11.0 Å². The summed E-state index contributed by atoms with van der Waals surface area (Å²) in [6, 6.07) is 8.26. The molecule has 1 amide bonds. The van der Waals surface area contributed by atoms with Crippen LogP contribution in [0.1, 0.15) is 44.9 Å². The molecule has 2 aromatic rings. The van der Waals surface area contributed by atoms with Crippen molar-refractivity contribution in [1.29, 1.82) is 0 Å². The highest BCUT2D eigenvalue weighted by Gasteiger charge is 2.42. The molecule has 1 aromatic carbocycles. The number of guanidine groups is 1. The number of amides is 1. The Labute approximate surface area is 203 Å². The van der Waals surface area contributed by atoms with Gasteiger partial charge in [-0.2, -0.15) is 0 Å². The predicted octanol–water partition coefficient (Wildman–Crippen LogP) is 3.56. The van der Waals surface area contributed by atoms with Gasteiger partial charge in [0.1, 0.15) is 5.82 Å². The van der Waals surface area contributed by atoms with Crippen molar-refractivity contribution in [2.45, 2.75) is 52.5 Å². The van der Waals surface area contributed by atoms with Crippen molar-refractivity contribution in [3.8, 4) is 0 Å². The largest absolute Gasteiger partial charge is 0.357 e. The minimum atomic E-state index is -0.335. The van der Waals surface area contributed by atoms with E-state index < -0.39 is 0 Å². The maximum Gasteiger partial charge on any atom is 0.230 e. The van der Waals surface area contributed by atoms with Gasteiger partial charge >= 0.3 is 0 Å². The van der Waals surface area contributed by atoms with Gasteiger partial charge in [-0.3, -0.25) is 9.79 Å². The van der Waals surface area contributed by atoms with Gasteiger partial charge in [0.05, 0.1) is 23.0 Å². The molecule has 1 aliphatic rings. The smallest absolute Gasteiger partial charge is 0.230 e. The van der Waals surface area contributed by atoms with E-state index in [1.807, 2.05) is 20.2 Å². The molecule has 0 saturated heterocycles. The first-order chi connectivity index (χ1) is 14.5. The average molecular weight is 540 g/mol. The molecule has 1 saturated carbocycles. The fourth-order valence-corrected chi connectivity index (χ4v) is 4.46. The Morgan fingerprint density at radius 1 is 1.23 bits per heavy atom. The summed E-state index contributed by atoms with van der Waals surface area (Å²) in [5.74, 6) is 2.05. The third-order valence-electron chi connectivity index (χ3n) is 6.00. The number of aryl methyl sites for hydroxylation is 2. The standard InChI is InChI=1S/C23H36N6O.HI/c1-5-24-22(26-17-23(13-8-9-14-23)21(30)28(3)4)25-15-10-16-29-18(2)27-19-11-6-7-12-20(19)29;/h6-7,11-12H,5,8-10,13-17H2,1-4H3,(H2,24,25,26);1H. The van der Waals surface area contributed by atoms with Crippen molar-refractivity contribution in [2.24, 2.45) is 10.4 Å². The van der Waals surface area contributed by atoms with E-state index in [1.165, 1.54) is 5.52 Å². The van der Waals surface area contributed by atoms with Crippen LogP contribution in [0.5, 0.6) is 0 Å². The molecule has 8 heteroatoms. The fourth-order valence-electron chi connectivity index (χ4n) is 4.46. The summed E-state index contributed by atoms with van der Waals surface area (Å²) in [6.45, 7) is 7.18. The number of nitrogens with zero attached hydrogens (tertiary/aromatic N) is 4. The normalized spacial score (nSPS) is 15.5. The number of carbonyl (C=O) groups is 1. The summed E-state index contributed by atoms with van der Waals surface area (Å²) in [4.78, 5) is 23.9. The van der Waals surface area contributed by atoms with Crippen molar-refractivity contribution in [3.05, 3.63) is 30.1 Å². The lowest BCUT2D eigenvalue weighted by Gasteiger charge is -2.29. The molecule has 2 N–H and O–H groups in total. The number of nitrogens with one attached hydrogen (secondary N) is 2. The van der Waals surface area contributed by atoms with E-state index in [2.05, 4.69) is 52.2 Å². The summed E-state index contributed by atoms with van der Waals surface area (Å²) >= 11 is 0. The number of para-hydroxylation sites is 2. The highest BCUT2D eigenvalue weighted by molar-refractivity contribution is 14.0. The van der Waals surface area contributed by atoms with Crippen molar-refractivity contribution in [1.82, 2.24) is 25.1 Å². The SMILES string of the molecule is CCNC(=NCC1(C(=O)N(C)C)CCCC1)NCCCn1c(C)nc2ccccc21.I. The fraction of sp³-hybridized carbons (Fsp3) is 0.609. The number of fused-ring (bicyclic) bond motifs is 1. The van der Waals surface area contributed by atoms with Crippen molar-refractivity contribution in [2.75, 3.05) is 33.7 Å². The molecule has 0 atom stereocenters. The topological polar surface area (TPSA) is 74.6 Å². The Morgan fingerprint density at radius 3 is 2.61 bits per heavy atom. The number of aliphatic imine (C=N–C) groups is 1. The molecular formula is C23H37IN6O. The van der Waals surface area contributed by atoms with E-state index in [1.54, 1.807) is 4.90 Å². The molecule has 0 aliphatic heterocycles. The lowest BCUT2D eigenvalue weighted by Crippen LogP contribution is -2.43. The number of aromatic nitrogens is 2. The molecule has 3 rings (SSSR count). The van der Waals surface area contributed by atoms with E-state index in [0.717, 1.165) is 69.0 Å². The minimum Gasteiger partial charge on any atom is -0.357 e. The number of halogens is 1. The zero-order chi connectivity index (χ0) is 21.6. The Bertz CT molecular complexity index is 885. The van der Waals surface area contributed by atoms with Gasteiger partial charge in [-0.05, 0) is 45.2 Å². The van der Waals surface area contributed by atoms with Crippen LogP contribution in [0.2, 0.25) is 0 Å². The van der Waals surface area contributed by atoms with Crippen LogP contribution in [0.15, 0.2) is 29.3 Å². The lowest BCUT2D eigenvalue weighted by molar-refractivity contribution is -0.138. The zero-order valence-corrected chi connectivity index (χ0v) is 21.6. The van der Waals surface area contributed by atoms with Crippen LogP contribution in [0.4, 0.5) is 0 Å². The summed E-state index contributed by atoms with van der Waals surface area (Å²) in [5, 5.41) is 6.76. The van der Waals surface area contributed by atoms with E-state index >= 15 is 0 Å². The molecule has 0 spiro atoms. The van der Waals surface area contributed by atoms with Crippen LogP contribution >= 0.6 is 24.0 Å². The average Bonchev–Trinajstić information content (AvgIpc) is 3.33. The molecule has 0 bridgehead atoms. The van der Waals surface area contributed by atoms with Gasteiger partial charge in [0.15, 0.2) is 5.96 Å². The van der Waals surface area contributed by atoms with E-state index in [0.29, 0.717) is 6.54 Å². The van der Waals surface area contributed by atoms with E-state index in [9.17, 15) is 4.79 Å². The number of rotatable bonds is 8. The van der Waals surface area contributed by atoms with Crippen molar-refractivity contribution in [3.63, 3.8) is 0 Å². The van der Waals surface area contributed by atoms with Crippen molar-refractivity contribution < 1.29 is 4.79 Å². The van der Waals surface area contributed by atoms with Crippen molar-refractivity contribution >= 4 is 46.9 Å². The van der Waals surface area contributed by atoms with Crippen LogP contribution < -0.4 is 10.6 Å². The number of hydrogen-bond donors (Lipinski definition) is 2. The van der Waals surface area contributed by atoms with Crippen LogP contribution in [0, 0.1) is 12.3 Å². The lowest BCUT2D eigenvalue weighted by atomic mass is 9.85. The summed E-state index contributed by atoms with van der Waals surface area (Å²) < 4.78 is 2.27. The molecule has 1 fully saturated rings. The molecular weight excluding hydrogens is 503 g/mol. The number of benzene rings is 1. The Balaban J connectivity index is 0.00000341. The van der Waals surface area contributed by atoms with E-state index in [4.69, 9.17) is 4.99 Å². The second-order valence-corrected chi connectivity index (χ2v) is 8.46. The molecule has 1 aromatic heterocycles. The van der Waals surface area contributed by atoms with Gasteiger partial charge in [0.25, 0.3) is 0 Å². The maximum atomic E-state index is 12.8. The number of imidazole rings is 1. The zero-order valence-electron chi connectivity index (χ0n) is 19.3. The maximum absolute atomic E-state index is 12.8. The van der Waals surface area contributed by atoms with Crippen LogP contribution in [-0.2, 0) is 11.3 Å². The Kier molecular flexibility index (Phi) is 9.58. The van der Waals surface area contributed by atoms with Gasteiger partial charge in [0.2, 0.25) is 5.91 Å². The van der Waals surface area contributed by atoms with Crippen LogP contribution in [-0.4, -0.2) is 60.0 Å². The van der Waals surface area contributed by atoms with E-state index in [-0.39, 0.29) is 35.3 Å². The summed E-state index contributed by atoms with van der Waals surface area (Å²) in [6.07, 6.45) is 5.04. The summed E-state index contributed by atoms with van der Waals surface area (Å²) in [5.41, 5.74) is 1.89. The second-order valence-electron chi connectivity index (χ2n) is 8.46. The van der Waals surface area contributed by atoms with Crippen LogP contribution in [0.3, 0.4) is 0 Å². The van der Waals surface area contributed by atoms with Gasteiger partial charge in [0, 0.05) is 33.7 Å². The second kappa shape index (κ2) is 11.7. The molecule has 172 valence electrons. The first-order valence-corrected chi connectivity index (χ1v) is 11.1. The minimum absolute atomic E-state index is 0. The Hall–Kier alpha value is -1.84. The van der Waals surface area contributed by atoms with Gasteiger partial charge in [-0.25, -0.2) is 4.98 Å². The molecule has 0 unspecified atom stereocenters. The molecule has 0 radical (unpaired) electrons. The predicted molar refractivity (Wildman–Crippen MR) is 138 cm³/mol. The third-order valence-corrected chi connectivity index (χ3v) is 6.00. The highest BCUT2D eigenvalue weighted by atomic mass is 127.